The Hall–Kier alpha value is -1.03. The molecule has 0 spiro atoms. The molecular weight excluding hydrogens is 305 g/mol. The highest BCUT2D eigenvalue weighted by Gasteiger charge is 2.13. The van der Waals surface area contributed by atoms with E-state index in [9.17, 15) is 0 Å². The molecular formula is C16H21Cl2N3. The van der Waals surface area contributed by atoms with Gasteiger partial charge in [-0.2, -0.15) is 0 Å². The van der Waals surface area contributed by atoms with E-state index in [-0.39, 0.29) is 5.54 Å². The van der Waals surface area contributed by atoms with E-state index in [1.54, 1.807) is 6.07 Å². The summed E-state index contributed by atoms with van der Waals surface area (Å²) in [6.07, 6.45) is 1.91. The largest absolute Gasteiger partial charge is 0.327 e. The van der Waals surface area contributed by atoms with Gasteiger partial charge in [-0.3, -0.25) is 0 Å². The summed E-state index contributed by atoms with van der Waals surface area (Å²) in [4.78, 5) is 4.41. The maximum atomic E-state index is 6.27. The number of imidazole rings is 1. The summed E-state index contributed by atoms with van der Waals surface area (Å²) in [6, 6.07) is 5.60. The lowest BCUT2D eigenvalue weighted by molar-refractivity contribution is 0.416. The van der Waals surface area contributed by atoms with Crippen LogP contribution in [0.3, 0.4) is 0 Å². The van der Waals surface area contributed by atoms with Gasteiger partial charge >= 0.3 is 0 Å². The van der Waals surface area contributed by atoms with Crippen LogP contribution >= 0.6 is 23.2 Å². The molecule has 114 valence electrons. The van der Waals surface area contributed by atoms with Crippen molar-refractivity contribution >= 4 is 23.2 Å². The van der Waals surface area contributed by atoms with Gasteiger partial charge in [-0.25, -0.2) is 4.98 Å². The van der Waals surface area contributed by atoms with Crippen molar-refractivity contribution in [1.82, 2.24) is 14.9 Å². The molecule has 1 aromatic carbocycles. The molecule has 0 atom stereocenters. The van der Waals surface area contributed by atoms with E-state index < -0.39 is 0 Å². The van der Waals surface area contributed by atoms with E-state index in [1.807, 2.05) is 25.3 Å². The van der Waals surface area contributed by atoms with E-state index >= 15 is 0 Å². The van der Waals surface area contributed by atoms with E-state index in [2.05, 4.69) is 35.6 Å². The summed E-state index contributed by atoms with van der Waals surface area (Å²) >= 11 is 12.2. The SMILES string of the molecule is Cc1ncc(CNC(C)(C)C)n1Cc1ccc(Cl)cc1Cl. The van der Waals surface area contributed by atoms with Gasteiger partial charge in [-0.05, 0) is 45.4 Å². The van der Waals surface area contributed by atoms with Crippen molar-refractivity contribution in [3.05, 3.63) is 51.5 Å². The maximum Gasteiger partial charge on any atom is 0.106 e. The van der Waals surface area contributed by atoms with E-state index in [4.69, 9.17) is 23.2 Å². The Bertz CT molecular complexity index is 627. The Labute approximate surface area is 136 Å². The zero-order valence-electron chi connectivity index (χ0n) is 12.9. The molecule has 0 saturated carbocycles. The van der Waals surface area contributed by atoms with Gasteiger partial charge in [-0.15, -0.1) is 0 Å². The van der Waals surface area contributed by atoms with Crippen molar-refractivity contribution in [1.29, 1.82) is 0 Å². The van der Waals surface area contributed by atoms with E-state index in [0.29, 0.717) is 16.6 Å². The van der Waals surface area contributed by atoms with Gasteiger partial charge in [0.05, 0.1) is 12.2 Å². The minimum Gasteiger partial charge on any atom is -0.327 e. The van der Waals surface area contributed by atoms with Gasteiger partial charge < -0.3 is 9.88 Å². The highest BCUT2D eigenvalue weighted by atomic mass is 35.5. The van der Waals surface area contributed by atoms with Gasteiger partial charge in [0.25, 0.3) is 0 Å². The standard InChI is InChI=1S/C16H21Cl2N3/c1-11-19-8-14(9-20-16(2,3)4)21(11)10-12-5-6-13(17)7-15(12)18/h5-8,20H,9-10H2,1-4H3. The Morgan fingerprint density at radius 2 is 1.95 bits per heavy atom. The van der Waals surface area contributed by atoms with Gasteiger partial charge in [-0.1, -0.05) is 29.3 Å². The minimum absolute atomic E-state index is 0.0704. The fraction of sp³-hybridized carbons (Fsp3) is 0.438. The van der Waals surface area contributed by atoms with Crippen LogP contribution in [-0.2, 0) is 13.1 Å². The van der Waals surface area contributed by atoms with Crippen molar-refractivity contribution in [2.24, 2.45) is 0 Å². The number of hydrogen-bond acceptors (Lipinski definition) is 2. The summed E-state index contributed by atoms with van der Waals surface area (Å²) < 4.78 is 2.17. The Morgan fingerprint density at radius 3 is 2.57 bits per heavy atom. The van der Waals surface area contributed by atoms with Crippen molar-refractivity contribution < 1.29 is 0 Å². The fourth-order valence-corrected chi connectivity index (χ4v) is 2.52. The molecule has 0 bridgehead atoms. The van der Waals surface area contributed by atoms with Crippen molar-refractivity contribution in [3.63, 3.8) is 0 Å². The third kappa shape index (κ3) is 4.47. The number of nitrogens with one attached hydrogen (secondary N) is 1. The first-order chi connectivity index (χ1) is 9.76. The number of aryl methyl sites for hydroxylation is 1. The van der Waals surface area contributed by atoms with Gasteiger partial charge in [0.1, 0.15) is 5.82 Å². The van der Waals surface area contributed by atoms with Gasteiger partial charge in [0, 0.05) is 28.3 Å². The van der Waals surface area contributed by atoms with Crippen LogP contribution < -0.4 is 5.32 Å². The van der Waals surface area contributed by atoms with Gasteiger partial charge in [0.2, 0.25) is 0 Å². The molecule has 2 aromatic rings. The fourth-order valence-electron chi connectivity index (χ4n) is 2.05. The first kappa shape index (κ1) is 16.3. The topological polar surface area (TPSA) is 29.9 Å². The van der Waals surface area contributed by atoms with Crippen LogP contribution in [0.4, 0.5) is 0 Å². The van der Waals surface area contributed by atoms with Crippen LogP contribution in [-0.4, -0.2) is 15.1 Å². The molecule has 0 unspecified atom stereocenters. The molecule has 2 rings (SSSR count). The van der Waals surface area contributed by atoms with Crippen LogP contribution in [0.5, 0.6) is 0 Å². The zero-order valence-corrected chi connectivity index (χ0v) is 14.4. The predicted octanol–water partition coefficient (Wildman–Crippen LogP) is 4.43. The zero-order chi connectivity index (χ0) is 15.6. The summed E-state index contributed by atoms with van der Waals surface area (Å²) in [5, 5.41) is 4.83. The monoisotopic (exact) mass is 325 g/mol. The number of halogens is 2. The Morgan fingerprint density at radius 1 is 1.24 bits per heavy atom. The lowest BCUT2D eigenvalue weighted by Crippen LogP contribution is -2.35. The highest BCUT2D eigenvalue weighted by molar-refractivity contribution is 6.35. The van der Waals surface area contributed by atoms with Crippen LogP contribution in [0, 0.1) is 6.92 Å². The summed E-state index contributed by atoms with van der Waals surface area (Å²) in [5.74, 6) is 0.978. The minimum atomic E-state index is 0.0704. The second-order valence-electron chi connectivity index (χ2n) is 6.22. The lowest BCUT2D eigenvalue weighted by atomic mass is 10.1. The Kier molecular flexibility index (Phi) is 4.97. The van der Waals surface area contributed by atoms with Crippen LogP contribution in [0.15, 0.2) is 24.4 Å². The van der Waals surface area contributed by atoms with Crippen molar-refractivity contribution in [2.75, 3.05) is 0 Å². The normalized spacial score (nSPS) is 11.9. The third-order valence-corrected chi connectivity index (χ3v) is 3.87. The molecule has 1 aromatic heterocycles. The van der Waals surface area contributed by atoms with E-state index in [1.165, 1.54) is 0 Å². The van der Waals surface area contributed by atoms with Gasteiger partial charge in [0.15, 0.2) is 0 Å². The lowest BCUT2D eigenvalue weighted by Gasteiger charge is -2.21. The molecule has 1 N–H and O–H groups in total. The second kappa shape index (κ2) is 6.39. The summed E-state index contributed by atoms with van der Waals surface area (Å²) in [7, 11) is 0. The first-order valence-electron chi connectivity index (χ1n) is 6.96. The molecule has 5 heteroatoms. The number of hydrogen-bond donors (Lipinski definition) is 1. The Balaban J connectivity index is 2.21. The molecule has 0 amide bonds. The van der Waals surface area contributed by atoms with E-state index in [0.717, 1.165) is 23.6 Å². The first-order valence-corrected chi connectivity index (χ1v) is 7.72. The smallest absolute Gasteiger partial charge is 0.106 e. The molecule has 0 radical (unpaired) electrons. The molecule has 21 heavy (non-hydrogen) atoms. The van der Waals surface area contributed by atoms with Crippen LogP contribution in [0.25, 0.3) is 0 Å². The number of benzene rings is 1. The molecule has 1 heterocycles. The number of nitrogens with zero attached hydrogens (tertiary/aromatic N) is 2. The molecule has 0 aliphatic carbocycles. The molecule has 0 fully saturated rings. The molecule has 3 nitrogen and oxygen atoms in total. The highest BCUT2D eigenvalue weighted by Crippen LogP contribution is 2.23. The molecule has 0 saturated heterocycles. The second-order valence-corrected chi connectivity index (χ2v) is 7.07. The molecule has 0 aliphatic rings. The number of rotatable bonds is 4. The molecule has 0 aliphatic heterocycles. The number of aromatic nitrogens is 2. The summed E-state index contributed by atoms with van der Waals surface area (Å²) in [6.45, 7) is 9.92. The third-order valence-electron chi connectivity index (χ3n) is 3.28. The predicted molar refractivity (Wildman–Crippen MR) is 89.1 cm³/mol. The van der Waals surface area contributed by atoms with Crippen LogP contribution in [0.2, 0.25) is 10.0 Å². The van der Waals surface area contributed by atoms with Crippen molar-refractivity contribution in [2.45, 2.75) is 46.3 Å². The van der Waals surface area contributed by atoms with Crippen molar-refractivity contribution in [3.8, 4) is 0 Å². The average molecular weight is 326 g/mol. The summed E-state index contributed by atoms with van der Waals surface area (Å²) in [5.41, 5.74) is 2.26. The van der Waals surface area contributed by atoms with Crippen LogP contribution in [0.1, 0.15) is 37.9 Å². The quantitative estimate of drug-likeness (QED) is 0.900. The maximum absolute atomic E-state index is 6.27. The average Bonchev–Trinajstić information content (AvgIpc) is 2.71.